The molecule has 0 bridgehead atoms. The quantitative estimate of drug-likeness (QED) is 0.914. The number of halogens is 2. The topological polar surface area (TPSA) is 40.5 Å². The molecule has 0 aliphatic rings. The van der Waals surface area contributed by atoms with Crippen molar-refractivity contribution in [3.63, 3.8) is 0 Å². The van der Waals surface area contributed by atoms with Crippen LogP contribution >= 0.6 is 15.9 Å². The van der Waals surface area contributed by atoms with E-state index in [0.29, 0.717) is 16.7 Å². The van der Waals surface area contributed by atoms with E-state index in [0.717, 1.165) is 4.47 Å². The van der Waals surface area contributed by atoms with E-state index in [1.165, 1.54) is 24.3 Å². The lowest BCUT2D eigenvalue weighted by atomic mass is 9.97. The Morgan fingerprint density at radius 2 is 1.78 bits per heavy atom. The van der Waals surface area contributed by atoms with Gasteiger partial charge >= 0.3 is 0 Å². The molecule has 2 aromatic carbocycles. The lowest BCUT2D eigenvalue weighted by Crippen LogP contribution is -2.04. The van der Waals surface area contributed by atoms with Gasteiger partial charge in [0.2, 0.25) is 0 Å². The van der Waals surface area contributed by atoms with E-state index in [4.69, 9.17) is 0 Å². The molecule has 0 saturated heterocycles. The molecule has 0 aromatic heterocycles. The van der Waals surface area contributed by atoms with E-state index in [1.807, 2.05) is 0 Å². The lowest BCUT2D eigenvalue weighted by molar-refractivity contribution is 0.213. The van der Waals surface area contributed by atoms with Crippen molar-refractivity contribution in [1.82, 2.24) is 0 Å². The first-order valence-corrected chi connectivity index (χ1v) is 6.24. The van der Waals surface area contributed by atoms with Crippen molar-refractivity contribution in [2.75, 3.05) is 0 Å². The smallest absolute Gasteiger partial charge is 0.123 e. The van der Waals surface area contributed by atoms with E-state index < -0.39 is 6.10 Å². The molecule has 4 heteroatoms. The third kappa shape index (κ3) is 2.77. The number of rotatable bonds is 3. The summed E-state index contributed by atoms with van der Waals surface area (Å²) in [6.07, 6.45) is -0.874. The van der Waals surface area contributed by atoms with Gasteiger partial charge in [-0.05, 0) is 41.0 Å². The summed E-state index contributed by atoms with van der Waals surface area (Å²) < 4.78 is 13.7. The summed E-state index contributed by atoms with van der Waals surface area (Å²) in [5.74, 6) is -0.343. The fraction of sp³-hybridized carbons (Fsp3) is 0.143. The van der Waals surface area contributed by atoms with Gasteiger partial charge < -0.3 is 10.2 Å². The lowest BCUT2D eigenvalue weighted by Gasteiger charge is -2.15. The first-order chi connectivity index (χ1) is 8.61. The average molecular weight is 311 g/mol. The van der Waals surface area contributed by atoms with Crippen LogP contribution in [0, 0.1) is 5.82 Å². The molecule has 0 aliphatic heterocycles. The van der Waals surface area contributed by atoms with Crippen LogP contribution in [0.5, 0.6) is 0 Å². The maximum absolute atomic E-state index is 12.8. The third-order valence-electron chi connectivity index (χ3n) is 2.76. The highest BCUT2D eigenvalue weighted by Crippen LogP contribution is 2.27. The van der Waals surface area contributed by atoms with Gasteiger partial charge in [-0.2, -0.15) is 0 Å². The van der Waals surface area contributed by atoms with Crippen LogP contribution in [0.2, 0.25) is 0 Å². The van der Waals surface area contributed by atoms with Gasteiger partial charge in [-0.25, -0.2) is 4.39 Å². The fourth-order valence-corrected chi connectivity index (χ4v) is 2.21. The number of benzene rings is 2. The SMILES string of the molecule is OCc1cc(Br)ccc1[C@@H](O)c1ccc(F)cc1. The predicted octanol–water partition coefficient (Wildman–Crippen LogP) is 3.16. The zero-order chi connectivity index (χ0) is 13.1. The van der Waals surface area contributed by atoms with Crippen molar-refractivity contribution in [3.8, 4) is 0 Å². The van der Waals surface area contributed by atoms with Gasteiger partial charge in [0.15, 0.2) is 0 Å². The molecule has 2 nitrogen and oxygen atoms in total. The Morgan fingerprint density at radius 3 is 2.39 bits per heavy atom. The Kier molecular flexibility index (Phi) is 4.11. The monoisotopic (exact) mass is 310 g/mol. The standard InChI is InChI=1S/C14H12BrFO2/c15-11-3-6-13(10(7-11)8-17)14(18)9-1-4-12(16)5-2-9/h1-7,14,17-18H,8H2/t14-/m0/s1. The highest BCUT2D eigenvalue weighted by atomic mass is 79.9. The van der Waals surface area contributed by atoms with Crippen LogP contribution in [0.1, 0.15) is 22.8 Å². The van der Waals surface area contributed by atoms with Crippen molar-refractivity contribution in [1.29, 1.82) is 0 Å². The molecule has 0 heterocycles. The van der Waals surface area contributed by atoms with Crippen molar-refractivity contribution in [2.24, 2.45) is 0 Å². The Morgan fingerprint density at radius 1 is 1.11 bits per heavy atom. The van der Waals surface area contributed by atoms with E-state index >= 15 is 0 Å². The van der Waals surface area contributed by atoms with Gasteiger partial charge in [0.1, 0.15) is 11.9 Å². The van der Waals surface area contributed by atoms with Crippen LogP contribution < -0.4 is 0 Å². The molecular formula is C14H12BrFO2. The van der Waals surface area contributed by atoms with Crippen molar-refractivity contribution in [3.05, 3.63) is 69.4 Å². The molecule has 2 N–H and O–H groups in total. The Labute approximate surface area is 113 Å². The summed E-state index contributed by atoms with van der Waals surface area (Å²) in [5.41, 5.74) is 1.85. The Bertz CT molecular complexity index is 540. The molecule has 0 amide bonds. The first-order valence-electron chi connectivity index (χ1n) is 5.44. The van der Waals surface area contributed by atoms with Gasteiger partial charge in [0.05, 0.1) is 6.61 Å². The number of aliphatic hydroxyl groups excluding tert-OH is 2. The van der Waals surface area contributed by atoms with Crippen LogP contribution in [0.4, 0.5) is 4.39 Å². The van der Waals surface area contributed by atoms with Crippen LogP contribution in [-0.2, 0) is 6.61 Å². The van der Waals surface area contributed by atoms with E-state index in [1.54, 1.807) is 18.2 Å². The molecule has 0 fully saturated rings. The summed E-state index contributed by atoms with van der Waals surface area (Å²) in [4.78, 5) is 0. The molecule has 0 spiro atoms. The van der Waals surface area contributed by atoms with Crippen molar-refractivity contribution < 1.29 is 14.6 Å². The van der Waals surface area contributed by atoms with Crippen molar-refractivity contribution in [2.45, 2.75) is 12.7 Å². The fourth-order valence-electron chi connectivity index (χ4n) is 1.80. The normalized spacial score (nSPS) is 12.4. The summed E-state index contributed by atoms with van der Waals surface area (Å²) in [6, 6.07) is 10.9. The highest BCUT2D eigenvalue weighted by Gasteiger charge is 2.14. The van der Waals surface area contributed by atoms with Crippen LogP contribution in [-0.4, -0.2) is 10.2 Å². The minimum Gasteiger partial charge on any atom is -0.392 e. The van der Waals surface area contributed by atoms with Crippen LogP contribution in [0.15, 0.2) is 46.9 Å². The number of hydrogen-bond donors (Lipinski definition) is 2. The second-order valence-corrected chi connectivity index (χ2v) is 4.87. The second-order valence-electron chi connectivity index (χ2n) is 3.96. The molecule has 0 aliphatic carbocycles. The zero-order valence-corrected chi connectivity index (χ0v) is 11.1. The second kappa shape index (κ2) is 5.61. The summed E-state index contributed by atoms with van der Waals surface area (Å²) >= 11 is 3.31. The molecule has 1 atom stereocenters. The van der Waals surface area contributed by atoms with Gasteiger partial charge in [-0.15, -0.1) is 0 Å². The van der Waals surface area contributed by atoms with Gasteiger partial charge in [-0.3, -0.25) is 0 Å². The maximum Gasteiger partial charge on any atom is 0.123 e. The van der Waals surface area contributed by atoms with E-state index in [9.17, 15) is 14.6 Å². The average Bonchev–Trinajstić information content (AvgIpc) is 2.38. The Balaban J connectivity index is 2.39. The van der Waals surface area contributed by atoms with E-state index in [-0.39, 0.29) is 12.4 Å². The highest BCUT2D eigenvalue weighted by molar-refractivity contribution is 9.10. The predicted molar refractivity (Wildman–Crippen MR) is 70.5 cm³/mol. The minimum atomic E-state index is -0.874. The number of hydrogen-bond acceptors (Lipinski definition) is 2. The minimum absolute atomic E-state index is 0.160. The largest absolute Gasteiger partial charge is 0.392 e. The number of aliphatic hydroxyl groups is 2. The van der Waals surface area contributed by atoms with Gasteiger partial charge in [0.25, 0.3) is 0 Å². The summed E-state index contributed by atoms with van der Waals surface area (Å²) in [7, 11) is 0. The molecule has 94 valence electrons. The van der Waals surface area contributed by atoms with Crippen LogP contribution in [0.3, 0.4) is 0 Å². The molecule has 2 aromatic rings. The molecule has 2 rings (SSSR count). The molecule has 18 heavy (non-hydrogen) atoms. The van der Waals surface area contributed by atoms with E-state index in [2.05, 4.69) is 15.9 Å². The third-order valence-corrected chi connectivity index (χ3v) is 3.25. The maximum atomic E-state index is 12.8. The summed E-state index contributed by atoms with van der Waals surface area (Å²) in [6.45, 7) is -0.160. The molecule has 0 unspecified atom stereocenters. The summed E-state index contributed by atoms with van der Waals surface area (Å²) in [5, 5.41) is 19.5. The van der Waals surface area contributed by atoms with Gasteiger partial charge in [0, 0.05) is 4.47 Å². The Hall–Kier alpha value is -1.23. The molecule has 0 saturated carbocycles. The van der Waals surface area contributed by atoms with Crippen molar-refractivity contribution >= 4 is 15.9 Å². The zero-order valence-electron chi connectivity index (χ0n) is 9.48. The molecular weight excluding hydrogens is 299 g/mol. The van der Waals surface area contributed by atoms with Crippen LogP contribution in [0.25, 0.3) is 0 Å². The molecule has 0 radical (unpaired) electrons. The first kappa shape index (κ1) is 13.2. The van der Waals surface area contributed by atoms with Gasteiger partial charge in [-0.1, -0.05) is 34.1 Å².